The Morgan fingerprint density at radius 3 is 2.50 bits per heavy atom. The number of amides is 1. The van der Waals surface area contributed by atoms with E-state index in [1.165, 1.54) is 0 Å². The molecular weight excluding hydrogens is 373 g/mol. The lowest BCUT2D eigenvalue weighted by molar-refractivity contribution is -0.126. The molecule has 0 unspecified atom stereocenters. The Morgan fingerprint density at radius 1 is 1.19 bits per heavy atom. The van der Waals surface area contributed by atoms with E-state index in [-0.39, 0.29) is 42.7 Å². The van der Waals surface area contributed by atoms with Crippen LogP contribution >= 0.6 is 24.8 Å². The van der Waals surface area contributed by atoms with Crippen molar-refractivity contribution in [3.8, 4) is 0 Å². The number of carbonyl (C=O) groups excluding carboxylic acids is 1. The standard InChI is InChI=1S/C18H29N5O.2ClH/c1-12-10-17(21-13(2)20-12)23-8-6-15(7-9-23)22-18(24)16-5-3-4-14(16)11-19;;/h10,14-16H,3-9,11,19H2,1-2H3,(H,22,24);2*1H/t14-,16-;;/m1../s1. The van der Waals surface area contributed by atoms with Crippen LogP contribution in [0.1, 0.15) is 43.6 Å². The highest BCUT2D eigenvalue weighted by atomic mass is 35.5. The van der Waals surface area contributed by atoms with Gasteiger partial charge in [-0.15, -0.1) is 24.8 Å². The van der Waals surface area contributed by atoms with Gasteiger partial charge in [0, 0.05) is 36.8 Å². The van der Waals surface area contributed by atoms with Gasteiger partial charge in [-0.05, 0) is 52.0 Å². The van der Waals surface area contributed by atoms with Crippen LogP contribution in [-0.2, 0) is 4.79 Å². The van der Waals surface area contributed by atoms with E-state index in [4.69, 9.17) is 5.73 Å². The van der Waals surface area contributed by atoms with E-state index in [9.17, 15) is 4.79 Å². The molecule has 1 saturated carbocycles. The van der Waals surface area contributed by atoms with E-state index in [0.717, 1.165) is 62.5 Å². The van der Waals surface area contributed by atoms with Gasteiger partial charge in [0.15, 0.2) is 0 Å². The van der Waals surface area contributed by atoms with E-state index < -0.39 is 0 Å². The SMILES string of the molecule is Cc1cc(N2CCC(NC(=O)[C@@H]3CCC[C@@H]3CN)CC2)nc(C)n1.Cl.Cl. The average molecular weight is 404 g/mol. The number of aromatic nitrogens is 2. The number of nitrogens with one attached hydrogen (secondary N) is 1. The van der Waals surface area contributed by atoms with Gasteiger partial charge in [-0.1, -0.05) is 6.42 Å². The lowest BCUT2D eigenvalue weighted by Crippen LogP contribution is -2.47. The molecule has 26 heavy (non-hydrogen) atoms. The molecule has 1 saturated heterocycles. The molecule has 0 spiro atoms. The van der Waals surface area contributed by atoms with E-state index in [2.05, 4.69) is 20.2 Å². The maximum Gasteiger partial charge on any atom is 0.223 e. The summed E-state index contributed by atoms with van der Waals surface area (Å²) in [6.45, 7) is 6.40. The smallest absolute Gasteiger partial charge is 0.223 e. The van der Waals surface area contributed by atoms with Crippen molar-refractivity contribution in [3.05, 3.63) is 17.6 Å². The van der Waals surface area contributed by atoms with Gasteiger partial charge >= 0.3 is 0 Å². The maximum atomic E-state index is 12.5. The second kappa shape index (κ2) is 10.3. The fourth-order valence-electron chi connectivity index (χ4n) is 4.08. The number of hydrogen-bond acceptors (Lipinski definition) is 5. The molecule has 8 heteroatoms. The Hall–Kier alpha value is -1.11. The van der Waals surface area contributed by atoms with Crippen molar-refractivity contribution in [2.24, 2.45) is 17.6 Å². The molecule has 0 radical (unpaired) electrons. The first kappa shape index (κ1) is 22.9. The number of halogens is 2. The Bertz CT molecular complexity index is 573. The number of carbonyl (C=O) groups is 1. The zero-order valence-electron chi connectivity index (χ0n) is 15.6. The molecule has 148 valence electrons. The van der Waals surface area contributed by atoms with E-state index in [0.29, 0.717) is 12.5 Å². The molecule has 6 nitrogen and oxygen atoms in total. The van der Waals surface area contributed by atoms with Crippen molar-refractivity contribution in [2.45, 2.75) is 52.0 Å². The Kier molecular flexibility index (Phi) is 9.07. The molecule has 3 rings (SSSR count). The summed E-state index contributed by atoms with van der Waals surface area (Å²) >= 11 is 0. The normalized spacial score (nSPS) is 23.1. The van der Waals surface area contributed by atoms with E-state index >= 15 is 0 Å². The van der Waals surface area contributed by atoms with Gasteiger partial charge in [0.2, 0.25) is 5.91 Å². The number of nitrogens with two attached hydrogens (primary N) is 1. The number of nitrogens with zero attached hydrogens (tertiary/aromatic N) is 3. The van der Waals surface area contributed by atoms with Gasteiger partial charge < -0.3 is 16.0 Å². The van der Waals surface area contributed by atoms with Crippen LogP contribution in [0.5, 0.6) is 0 Å². The van der Waals surface area contributed by atoms with Gasteiger partial charge in [0.05, 0.1) is 0 Å². The Balaban J connectivity index is 0.00000169. The quantitative estimate of drug-likeness (QED) is 0.805. The number of hydrogen-bond donors (Lipinski definition) is 2. The Morgan fingerprint density at radius 2 is 1.88 bits per heavy atom. The molecule has 0 aromatic carbocycles. The van der Waals surface area contributed by atoms with Crippen molar-refractivity contribution < 1.29 is 4.79 Å². The molecule has 2 fully saturated rings. The fraction of sp³-hybridized carbons (Fsp3) is 0.722. The third-order valence-corrected chi connectivity index (χ3v) is 5.42. The van der Waals surface area contributed by atoms with Crippen LogP contribution in [0.25, 0.3) is 0 Å². The molecule has 2 atom stereocenters. The largest absolute Gasteiger partial charge is 0.356 e. The second-order valence-electron chi connectivity index (χ2n) is 7.22. The molecule has 3 N–H and O–H groups in total. The molecule has 1 aromatic heterocycles. The molecule has 2 heterocycles. The minimum Gasteiger partial charge on any atom is -0.356 e. The van der Waals surface area contributed by atoms with Crippen molar-refractivity contribution in [1.29, 1.82) is 0 Å². The first-order chi connectivity index (χ1) is 11.6. The summed E-state index contributed by atoms with van der Waals surface area (Å²) in [6, 6.07) is 2.31. The monoisotopic (exact) mass is 403 g/mol. The van der Waals surface area contributed by atoms with Gasteiger partial charge in [0.1, 0.15) is 11.6 Å². The summed E-state index contributed by atoms with van der Waals surface area (Å²) < 4.78 is 0. The molecular formula is C18H31Cl2N5O. The molecule has 1 aliphatic carbocycles. The van der Waals surface area contributed by atoms with Gasteiger partial charge in [-0.2, -0.15) is 0 Å². The van der Waals surface area contributed by atoms with Crippen molar-refractivity contribution in [3.63, 3.8) is 0 Å². The molecule has 1 amide bonds. The van der Waals surface area contributed by atoms with E-state index in [1.807, 2.05) is 19.9 Å². The summed E-state index contributed by atoms with van der Waals surface area (Å²) in [5.74, 6) is 2.53. The summed E-state index contributed by atoms with van der Waals surface area (Å²) in [5, 5.41) is 3.27. The minimum absolute atomic E-state index is 0. The van der Waals surface area contributed by atoms with Crippen molar-refractivity contribution in [2.75, 3.05) is 24.5 Å². The number of piperidine rings is 1. The molecule has 1 aliphatic heterocycles. The highest BCUT2D eigenvalue weighted by molar-refractivity contribution is 5.85. The average Bonchev–Trinajstić information content (AvgIpc) is 3.03. The molecule has 0 bridgehead atoms. The third kappa shape index (κ3) is 5.44. The van der Waals surface area contributed by atoms with Gasteiger partial charge in [0.25, 0.3) is 0 Å². The maximum absolute atomic E-state index is 12.5. The zero-order chi connectivity index (χ0) is 17.1. The first-order valence-corrected chi connectivity index (χ1v) is 9.14. The topological polar surface area (TPSA) is 84.1 Å². The molecule has 1 aromatic rings. The summed E-state index contributed by atoms with van der Waals surface area (Å²) in [5.41, 5.74) is 6.81. The first-order valence-electron chi connectivity index (χ1n) is 9.14. The predicted octanol–water partition coefficient (Wildman–Crippen LogP) is 2.40. The van der Waals surface area contributed by atoms with Crippen LogP contribution < -0.4 is 16.0 Å². The number of anilines is 1. The van der Waals surface area contributed by atoms with Crippen LogP contribution in [0, 0.1) is 25.7 Å². The fourth-order valence-corrected chi connectivity index (χ4v) is 4.08. The predicted molar refractivity (Wildman–Crippen MR) is 109 cm³/mol. The van der Waals surface area contributed by atoms with Crippen molar-refractivity contribution >= 4 is 36.5 Å². The third-order valence-electron chi connectivity index (χ3n) is 5.42. The van der Waals surface area contributed by atoms with Crippen LogP contribution in [-0.4, -0.2) is 41.6 Å². The molecule has 2 aliphatic rings. The summed E-state index contributed by atoms with van der Waals surface area (Å²) in [6.07, 6.45) is 5.15. The van der Waals surface area contributed by atoms with Gasteiger partial charge in [-0.25, -0.2) is 9.97 Å². The highest BCUT2D eigenvalue weighted by Crippen LogP contribution is 2.31. The summed E-state index contributed by atoms with van der Waals surface area (Å²) in [7, 11) is 0. The lowest BCUT2D eigenvalue weighted by Gasteiger charge is -2.34. The number of rotatable bonds is 4. The van der Waals surface area contributed by atoms with Gasteiger partial charge in [-0.3, -0.25) is 4.79 Å². The number of aryl methyl sites for hydroxylation is 2. The van der Waals surface area contributed by atoms with Crippen LogP contribution in [0.15, 0.2) is 6.07 Å². The second-order valence-corrected chi connectivity index (χ2v) is 7.22. The van der Waals surface area contributed by atoms with Crippen LogP contribution in [0.2, 0.25) is 0 Å². The summed E-state index contributed by atoms with van der Waals surface area (Å²) in [4.78, 5) is 23.7. The highest BCUT2D eigenvalue weighted by Gasteiger charge is 2.33. The van der Waals surface area contributed by atoms with Crippen molar-refractivity contribution in [1.82, 2.24) is 15.3 Å². The lowest BCUT2D eigenvalue weighted by atomic mass is 9.94. The minimum atomic E-state index is 0. The van der Waals surface area contributed by atoms with Crippen LogP contribution in [0.3, 0.4) is 0 Å². The Labute approximate surface area is 168 Å². The van der Waals surface area contributed by atoms with Crippen LogP contribution in [0.4, 0.5) is 5.82 Å². The van der Waals surface area contributed by atoms with E-state index in [1.54, 1.807) is 0 Å². The zero-order valence-corrected chi connectivity index (χ0v) is 17.2.